The number of rotatable bonds is 8. The van der Waals surface area contributed by atoms with Gasteiger partial charge in [-0.15, -0.1) is 4.91 Å². The van der Waals surface area contributed by atoms with Gasteiger partial charge in [0.25, 0.3) is 0 Å². The minimum atomic E-state index is 0.251. The zero-order chi connectivity index (χ0) is 17.5. The van der Waals surface area contributed by atoms with E-state index in [1.165, 1.54) is 23.8 Å². The molecule has 0 saturated heterocycles. The lowest BCUT2D eigenvalue weighted by atomic mass is 10.1. The molecule has 0 saturated carbocycles. The first-order chi connectivity index (χ1) is 11.6. The van der Waals surface area contributed by atoms with Gasteiger partial charge in [-0.2, -0.15) is 0 Å². The number of ether oxygens (including phenoxy) is 2. The SMILES string of the molecule is COc1cc(N=O)c(OC)cc1CCNCc1cc(C)cc(C)c1. The van der Waals surface area contributed by atoms with E-state index in [2.05, 4.69) is 42.5 Å². The highest BCUT2D eigenvalue weighted by molar-refractivity contribution is 5.58. The predicted molar refractivity (Wildman–Crippen MR) is 96.3 cm³/mol. The Morgan fingerprint density at radius 2 is 1.62 bits per heavy atom. The van der Waals surface area contributed by atoms with Crippen LogP contribution in [0.5, 0.6) is 11.5 Å². The number of hydrogen-bond donors (Lipinski definition) is 1. The van der Waals surface area contributed by atoms with Crippen LogP contribution in [0.2, 0.25) is 0 Å². The summed E-state index contributed by atoms with van der Waals surface area (Å²) in [7, 11) is 3.11. The summed E-state index contributed by atoms with van der Waals surface area (Å²) in [5, 5.41) is 6.41. The first kappa shape index (κ1) is 17.9. The third kappa shape index (κ3) is 4.55. The summed E-state index contributed by atoms with van der Waals surface area (Å²) in [4.78, 5) is 10.8. The molecule has 0 unspecified atom stereocenters. The predicted octanol–water partition coefficient (Wildman–Crippen LogP) is 4.05. The topological polar surface area (TPSA) is 59.9 Å². The van der Waals surface area contributed by atoms with Crippen molar-refractivity contribution in [3.63, 3.8) is 0 Å². The van der Waals surface area contributed by atoms with Gasteiger partial charge in [-0.25, -0.2) is 0 Å². The van der Waals surface area contributed by atoms with Crippen molar-refractivity contribution in [1.82, 2.24) is 5.32 Å². The Bertz CT molecular complexity index is 694. The quantitative estimate of drug-likeness (QED) is 0.586. The zero-order valence-electron chi connectivity index (χ0n) is 14.7. The second kappa shape index (κ2) is 8.45. The van der Waals surface area contributed by atoms with E-state index in [-0.39, 0.29) is 5.69 Å². The monoisotopic (exact) mass is 328 g/mol. The van der Waals surface area contributed by atoms with E-state index in [9.17, 15) is 4.91 Å². The molecule has 0 atom stereocenters. The molecular weight excluding hydrogens is 304 g/mol. The van der Waals surface area contributed by atoms with Gasteiger partial charge >= 0.3 is 0 Å². The van der Waals surface area contributed by atoms with E-state index in [1.54, 1.807) is 13.2 Å². The van der Waals surface area contributed by atoms with Crippen LogP contribution in [-0.2, 0) is 13.0 Å². The third-order valence-corrected chi connectivity index (χ3v) is 3.86. The van der Waals surface area contributed by atoms with Crippen molar-refractivity contribution >= 4 is 5.69 Å². The minimum absolute atomic E-state index is 0.251. The van der Waals surface area contributed by atoms with Crippen molar-refractivity contribution in [3.8, 4) is 11.5 Å². The molecule has 24 heavy (non-hydrogen) atoms. The summed E-state index contributed by atoms with van der Waals surface area (Å²) >= 11 is 0. The average Bonchev–Trinajstić information content (AvgIpc) is 2.57. The molecule has 0 aliphatic carbocycles. The summed E-state index contributed by atoms with van der Waals surface area (Å²) in [6, 6.07) is 9.98. The number of methoxy groups -OCH3 is 2. The standard InChI is InChI=1S/C19H24N2O3/c1-13-7-14(2)9-15(8-13)12-20-6-5-16-10-19(24-4)17(21-22)11-18(16)23-3/h7-11,20H,5-6,12H2,1-4H3. The van der Waals surface area contributed by atoms with Crippen LogP contribution in [0.3, 0.4) is 0 Å². The van der Waals surface area contributed by atoms with E-state index >= 15 is 0 Å². The fraction of sp³-hybridized carbons (Fsp3) is 0.368. The van der Waals surface area contributed by atoms with Crippen molar-refractivity contribution in [3.05, 3.63) is 57.5 Å². The number of hydrogen-bond acceptors (Lipinski definition) is 5. The maximum absolute atomic E-state index is 10.8. The minimum Gasteiger partial charge on any atom is -0.496 e. The first-order valence-electron chi connectivity index (χ1n) is 7.93. The summed E-state index contributed by atoms with van der Waals surface area (Å²) in [5.74, 6) is 1.12. The second-order valence-electron chi connectivity index (χ2n) is 5.85. The molecule has 0 aliphatic heterocycles. The average molecular weight is 328 g/mol. The molecule has 0 fully saturated rings. The van der Waals surface area contributed by atoms with E-state index in [1.807, 2.05) is 6.07 Å². The maximum Gasteiger partial charge on any atom is 0.153 e. The highest BCUT2D eigenvalue weighted by atomic mass is 16.5. The molecule has 0 aromatic heterocycles. The zero-order valence-corrected chi connectivity index (χ0v) is 14.7. The van der Waals surface area contributed by atoms with Gasteiger partial charge in [0, 0.05) is 12.6 Å². The fourth-order valence-corrected chi connectivity index (χ4v) is 2.84. The largest absolute Gasteiger partial charge is 0.496 e. The van der Waals surface area contributed by atoms with E-state index in [0.717, 1.165) is 25.1 Å². The molecule has 128 valence electrons. The molecule has 0 radical (unpaired) electrons. The van der Waals surface area contributed by atoms with Crippen molar-refractivity contribution in [2.45, 2.75) is 26.8 Å². The first-order valence-corrected chi connectivity index (χ1v) is 7.93. The van der Waals surface area contributed by atoms with Crippen LogP contribution < -0.4 is 14.8 Å². The van der Waals surface area contributed by atoms with Crippen LogP contribution in [0.25, 0.3) is 0 Å². The van der Waals surface area contributed by atoms with Gasteiger partial charge < -0.3 is 14.8 Å². The Morgan fingerprint density at radius 1 is 0.958 bits per heavy atom. The summed E-state index contributed by atoms with van der Waals surface area (Å²) in [6.07, 6.45) is 0.767. The third-order valence-electron chi connectivity index (χ3n) is 3.86. The molecule has 1 N–H and O–H groups in total. The van der Waals surface area contributed by atoms with Crippen LogP contribution >= 0.6 is 0 Å². The summed E-state index contributed by atoms with van der Waals surface area (Å²) < 4.78 is 10.6. The summed E-state index contributed by atoms with van der Waals surface area (Å²) in [6.45, 7) is 5.82. The molecule has 0 heterocycles. The van der Waals surface area contributed by atoms with Crippen LogP contribution in [0.1, 0.15) is 22.3 Å². The molecule has 0 bridgehead atoms. The molecule has 0 spiro atoms. The van der Waals surface area contributed by atoms with Gasteiger partial charge in [0.05, 0.1) is 14.2 Å². The maximum atomic E-state index is 10.8. The highest BCUT2D eigenvalue weighted by Gasteiger charge is 2.11. The molecule has 2 aromatic carbocycles. The number of aryl methyl sites for hydroxylation is 2. The van der Waals surface area contributed by atoms with Gasteiger partial charge in [-0.1, -0.05) is 29.3 Å². The van der Waals surface area contributed by atoms with Gasteiger partial charge in [-0.05, 0) is 49.2 Å². The van der Waals surface area contributed by atoms with Gasteiger partial charge in [-0.3, -0.25) is 0 Å². The lowest BCUT2D eigenvalue weighted by Crippen LogP contribution is -2.17. The fourth-order valence-electron chi connectivity index (χ4n) is 2.84. The van der Waals surface area contributed by atoms with Crippen LogP contribution in [0.15, 0.2) is 35.5 Å². The van der Waals surface area contributed by atoms with Crippen LogP contribution in [0.4, 0.5) is 5.69 Å². The van der Waals surface area contributed by atoms with E-state index < -0.39 is 0 Å². The second-order valence-corrected chi connectivity index (χ2v) is 5.85. The summed E-state index contributed by atoms with van der Waals surface area (Å²) in [5.41, 5.74) is 5.05. The van der Waals surface area contributed by atoms with Gasteiger partial charge in [0.2, 0.25) is 0 Å². The Kier molecular flexibility index (Phi) is 6.32. The number of nitrogens with zero attached hydrogens (tertiary/aromatic N) is 1. The number of nitrogens with one attached hydrogen (secondary N) is 1. The number of nitroso groups, excluding NO2 is 1. The molecular formula is C19H24N2O3. The molecule has 5 nitrogen and oxygen atoms in total. The lowest BCUT2D eigenvalue weighted by Gasteiger charge is -2.12. The van der Waals surface area contributed by atoms with Crippen molar-refractivity contribution in [2.75, 3.05) is 20.8 Å². The molecule has 0 aliphatic rings. The van der Waals surface area contributed by atoms with Crippen molar-refractivity contribution in [2.24, 2.45) is 5.18 Å². The van der Waals surface area contributed by atoms with Crippen molar-refractivity contribution < 1.29 is 9.47 Å². The lowest BCUT2D eigenvalue weighted by molar-refractivity contribution is 0.399. The van der Waals surface area contributed by atoms with Gasteiger partial charge in [0.1, 0.15) is 11.5 Å². The Hall–Kier alpha value is -2.40. The molecule has 2 aromatic rings. The van der Waals surface area contributed by atoms with E-state index in [0.29, 0.717) is 11.5 Å². The van der Waals surface area contributed by atoms with Gasteiger partial charge in [0.15, 0.2) is 5.69 Å². The Balaban J connectivity index is 1.99. The van der Waals surface area contributed by atoms with E-state index in [4.69, 9.17) is 9.47 Å². The molecule has 2 rings (SSSR count). The molecule has 5 heteroatoms. The smallest absolute Gasteiger partial charge is 0.153 e. The number of benzene rings is 2. The van der Waals surface area contributed by atoms with Crippen LogP contribution in [-0.4, -0.2) is 20.8 Å². The highest BCUT2D eigenvalue weighted by Crippen LogP contribution is 2.34. The molecule has 0 amide bonds. The Morgan fingerprint density at radius 3 is 2.21 bits per heavy atom. The normalized spacial score (nSPS) is 10.5. The Labute approximate surface area is 143 Å². The van der Waals surface area contributed by atoms with Crippen LogP contribution in [0, 0.1) is 18.8 Å². The van der Waals surface area contributed by atoms with Crippen molar-refractivity contribution in [1.29, 1.82) is 0 Å².